The molecule has 0 bridgehead atoms. The molecule has 6 nitrogen and oxygen atoms in total. The Balaban J connectivity index is 0.00000156. The minimum Gasteiger partial charge on any atom is -0.398 e. The summed E-state index contributed by atoms with van der Waals surface area (Å²) in [7, 11) is 0. The second-order valence-corrected chi connectivity index (χ2v) is 6.45. The van der Waals surface area contributed by atoms with Crippen LogP contribution in [-0.4, -0.2) is 35.0 Å². The molecule has 2 heterocycles. The lowest BCUT2D eigenvalue weighted by Gasteiger charge is -2.33. The summed E-state index contributed by atoms with van der Waals surface area (Å²) in [6.07, 6.45) is 5.38. The highest BCUT2D eigenvalue weighted by molar-refractivity contribution is 9.10. The summed E-state index contributed by atoms with van der Waals surface area (Å²) in [5.41, 5.74) is 6.89. The Morgan fingerprint density at radius 2 is 2.00 bits per heavy atom. The van der Waals surface area contributed by atoms with Crippen molar-refractivity contribution in [3.8, 4) is 0 Å². The number of hydrogen-bond donors (Lipinski definition) is 2. The highest BCUT2D eigenvalue weighted by Gasteiger charge is 2.23. The third-order valence-electron chi connectivity index (χ3n) is 3.85. The number of aromatic nitrogens is 2. The van der Waals surface area contributed by atoms with Crippen molar-refractivity contribution in [3.05, 3.63) is 46.7 Å². The summed E-state index contributed by atoms with van der Waals surface area (Å²) in [6.45, 7) is 1.60. The minimum atomic E-state index is -0.143. The van der Waals surface area contributed by atoms with Crippen molar-refractivity contribution in [2.75, 3.05) is 23.7 Å². The highest BCUT2D eigenvalue weighted by atomic mass is 79.9. The Kier molecular flexibility index (Phi) is 8.41. The van der Waals surface area contributed by atoms with Crippen molar-refractivity contribution in [3.63, 3.8) is 0 Å². The van der Waals surface area contributed by atoms with Gasteiger partial charge in [0.2, 0.25) is 5.95 Å². The number of anilines is 2. The molecule has 0 aliphatic carbocycles. The third kappa shape index (κ3) is 5.45. The number of carbonyl (C=O) groups excluding carboxylic acids is 1. The molecule has 25 heavy (non-hydrogen) atoms. The second kappa shape index (κ2) is 9.79. The van der Waals surface area contributed by atoms with E-state index in [9.17, 15) is 4.79 Å². The van der Waals surface area contributed by atoms with E-state index >= 15 is 0 Å². The first kappa shape index (κ1) is 21.5. The highest BCUT2D eigenvalue weighted by Crippen LogP contribution is 2.20. The normalized spacial score (nSPS) is 16.4. The zero-order valence-electron chi connectivity index (χ0n) is 13.4. The van der Waals surface area contributed by atoms with Crippen LogP contribution in [0, 0.1) is 0 Å². The molecule has 1 amide bonds. The molecule has 3 rings (SSSR count). The van der Waals surface area contributed by atoms with Crippen LogP contribution in [-0.2, 0) is 0 Å². The van der Waals surface area contributed by atoms with Gasteiger partial charge in [0.1, 0.15) is 0 Å². The topological polar surface area (TPSA) is 84.1 Å². The molecule has 0 spiro atoms. The van der Waals surface area contributed by atoms with E-state index in [-0.39, 0.29) is 36.8 Å². The maximum Gasteiger partial charge on any atom is 0.253 e. The summed E-state index contributed by atoms with van der Waals surface area (Å²) in [4.78, 5) is 23.1. The summed E-state index contributed by atoms with van der Waals surface area (Å²) >= 11 is 3.35. The predicted octanol–water partition coefficient (Wildman–Crippen LogP) is 3.06. The standard InChI is InChI=1S/C16H18BrN5O.2ClH/c17-11-4-5-13(14(18)9-11)15(23)21-12-3-1-8-22(10-12)16-19-6-2-7-20-16;;/h2,4-7,9,12H,1,3,8,10,18H2,(H,21,23);2*1H. The van der Waals surface area contributed by atoms with Crippen molar-refractivity contribution in [1.82, 2.24) is 15.3 Å². The number of nitrogen functional groups attached to an aromatic ring is 1. The van der Waals surface area contributed by atoms with Gasteiger partial charge >= 0.3 is 0 Å². The number of benzene rings is 1. The fourth-order valence-electron chi connectivity index (χ4n) is 2.73. The van der Waals surface area contributed by atoms with Crippen LogP contribution in [0.1, 0.15) is 23.2 Å². The molecule has 1 aliphatic heterocycles. The van der Waals surface area contributed by atoms with Crippen molar-refractivity contribution >= 4 is 58.3 Å². The smallest absolute Gasteiger partial charge is 0.253 e. The number of halogens is 3. The van der Waals surface area contributed by atoms with E-state index in [0.717, 1.165) is 23.9 Å². The number of hydrogen-bond acceptors (Lipinski definition) is 5. The number of carbonyl (C=O) groups is 1. The number of rotatable bonds is 3. The van der Waals surface area contributed by atoms with E-state index < -0.39 is 0 Å². The molecule has 1 unspecified atom stereocenters. The predicted molar refractivity (Wildman–Crippen MR) is 108 cm³/mol. The van der Waals surface area contributed by atoms with Gasteiger partial charge in [0.15, 0.2) is 0 Å². The zero-order chi connectivity index (χ0) is 16.2. The van der Waals surface area contributed by atoms with Crippen LogP contribution in [0.25, 0.3) is 0 Å². The monoisotopic (exact) mass is 447 g/mol. The molecule has 0 saturated carbocycles. The molecular weight excluding hydrogens is 429 g/mol. The third-order valence-corrected chi connectivity index (χ3v) is 4.34. The lowest BCUT2D eigenvalue weighted by atomic mass is 10.0. The Hall–Kier alpha value is -1.57. The maximum atomic E-state index is 12.4. The molecule has 1 aromatic carbocycles. The number of nitrogens with one attached hydrogen (secondary N) is 1. The van der Waals surface area contributed by atoms with Crippen molar-refractivity contribution in [1.29, 1.82) is 0 Å². The van der Waals surface area contributed by atoms with E-state index in [1.165, 1.54) is 0 Å². The molecule has 1 aliphatic rings. The number of amides is 1. The van der Waals surface area contributed by atoms with E-state index in [1.807, 2.05) is 6.07 Å². The van der Waals surface area contributed by atoms with Crippen molar-refractivity contribution < 1.29 is 4.79 Å². The van der Waals surface area contributed by atoms with Gasteiger partial charge in [0.05, 0.1) is 5.56 Å². The first-order chi connectivity index (χ1) is 11.1. The van der Waals surface area contributed by atoms with E-state index in [0.29, 0.717) is 23.7 Å². The Morgan fingerprint density at radius 3 is 2.68 bits per heavy atom. The number of nitrogens with zero attached hydrogens (tertiary/aromatic N) is 3. The minimum absolute atomic E-state index is 0. The maximum absolute atomic E-state index is 12.4. The second-order valence-electron chi connectivity index (χ2n) is 5.54. The van der Waals surface area contributed by atoms with Gasteiger partial charge < -0.3 is 16.0 Å². The zero-order valence-corrected chi connectivity index (χ0v) is 16.6. The quantitative estimate of drug-likeness (QED) is 0.705. The molecular formula is C16H20BrCl2N5O. The largest absolute Gasteiger partial charge is 0.398 e. The van der Waals surface area contributed by atoms with Gasteiger partial charge in [-0.1, -0.05) is 15.9 Å². The lowest BCUT2D eigenvalue weighted by molar-refractivity contribution is 0.0934. The average molecular weight is 449 g/mol. The van der Waals surface area contributed by atoms with Crippen LogP contribution >= 0.6 is 40.7 Å². The summed E-state index contributed by atoms with van der Waals surface area (Å²) in [5, 5.41) is 3.06. The van der Waals surface area contributed by atoms with E-state index in [1.54, 1.807) is 30.6 Å². The Morgan fingerprint density at radius 1 is 1.28 bits per heavy atom. The summed E-state index contributed by atoms with van der Waals surface area (Å²) in [5.74, 6) is 0.561. The molecule has 1 fully saturated rings. The van der Waals surface area contributed by atoms with Gasteiger partial charge in [-0.05, 0) is 37.1 Å². The number of piperidine rings is 1. The van der Waals surface area contributed by atoms with Crippen LogP contribution in [0.15, 0.2) is 41.1 Å². The summed E-state index contributed by atoms with van der Waals surface area (Å²) < 4.78 is 0.858. The molecule has 1 aromatic heterocycles. The van der Waals surface area contributed by atoms with Gasteiger partial charge in [-0.3, -0.25) is 4.79 Å². The Bertz CT molecular complexity index is 704. The average Bonchev–Trinajstić information content (AvgIpc) is 2.56. The fraction of sp³-hybridized carbons (Fsp3) is 0.312. The van der Waals surface area contributed by atoms with Crippen LogP contribution in [0.3, 0.4) is 0 Å². The molecule has 136 valence electrons. The van der Waals surface area contributed by atoms with Crippen molar-refractivity contribution in [2.24, 2.45) is 0 Å². The summed E-state index contributed by atoms with van der Waals surface area (Å²) in [6, 6.07) is 7.14. The molecule has 1 saturated heterocycles. The van der Waals surface area contributed by atoms with E-state index in [4.69, 9.17) is 5.73 Å². The van der Waals surface area contributed by atoms with Crippen LogP contribution < -0.4 is 16.0 Å². The van der Waals surface area contributed by atoms with Gasteiger partial charge in [-0.2, -0.15) is 0 Å². The van der Waals surface area contributed by atoms with E-state index in [2.05, 4.69) is 36.1 Å². The fourth-order valence-corrected chi connectivity index (χ4v) is 3.11. The SMILES string of the molecule is Cl.Cl.Nc1cc(Br)ccc1C(=O)NC1CCCN(c2ncccn2)C1. The Labute approximate surface area is 167 Å². The van der Waals surface area contributed by atoms with Crippen LogP contribution in [0.2, 0.25) is 0 Å². The van der Waals surface area contributed by atoms with Crippen LogP contribution in [0.5, 0.6) is 0 Å². The van der Waals surface area contributed by atoms with Gasteiger partial charge in [0.25, 0.3) is 5.91 Å². The number of nitrogens with two attached hydrogens (primary N) is 1. The van der Waals surface area contributed by atoms with Gasteiger partial charge in [-0.25, -0.2) is 9.97 Å². The van der Waals surface area contributed by atoms with Crippen LogP contribution in [0.4, 0.5) is 11.6 Å². The molecule has 2 aromatic rings. The van der Waals surface area contributed by atoms with Gasteiger partial charge in [0, 0.05) is 41.7 Å². The first-order valence-electron chi connectivity index (χ1n) is 7.51. The molecule has 1 atom stereocenters. The molecule has 3 N–H and O–H groups in total. The first-order valence-corrected chi connectivity index (χ1v) is 8.30. The molecule has 0 radical (unpaired) electrons. The van der Waals surface area contributed by atoms with Crippen molar-refractivity contribution in [2.45, 2.75) is 18.9 Å². The molecule has 9 heteroatoms. The van der Waals surface area contributed by atoms with Gasteiger partial charge in [-0.15, -0.1) is 24.8 Å². The lowest BCUT2D eigenvalue weighted by Crippen LogP contribution is -2.48.